The number of methoxy groups -OCH3 is 1. The molecule has 2 aromatic rings. The zero-order valence-corrected chi connectivity index (χ0v) is 13.5. The maximum absolute atomic E-state index is 11.9. The Balaban J connectivity index is 2.23. The van der Waals surface area contributed by atoms with Gasteiger partial charge in [0.1, 0.15) is 6.61 Å². The van der Waals surface area contributed by atoms with Crippen LogP contribution in [0, 0.1) is 10.1 Å². The third kappa shape index (κ3) is 4.57. The molecule has 124 valence electrons. The van der Waals surface area contributed by atoms with Crippen LogP contribution in [-0.2, 0) is 9.53 Å². The molecule has 7 heteroatoms. The number of halogens is 1. The lowest BCUT2D eigenvalue weighted by atomic mass is 10.1. The van der Waals surface area contributed by atoms with Crippen molar-refractivity contribution in [3.05, 3.63) is 74.8 Å². The van der Waals surface area contributed by atoms with Crippen molar-refractivity contribution >= 4 is 29.3 Å². The summed E-state index contributed by atoms with van der Waals surface area (Å²) in [6.45, 7) is -0.167. The minimum absolute atomic E-state index is 0.0772. The minimum atomic E-state index is -0.580. The van der Waals surface area contributed by atoms with Gasteiger partial charge in [-0.25, -0.2) is 4.79 Å². The number of nitro groups is 1. The molecule has 0 bridgehead atoms. The molecule has 0 spiro atoms. The van der Waals surface area contributed by atoms with Gasteiger partial charge in [-0.05, 0) is 29.8 Å². The summed E-state index contributed by atoms with van der Waals surface area (Å²) in [5.41, 5.74) is 0.775. The number of para-hydroxylation sites is 2. The molecule has 0 aliphatic rings. The first-order valence-corrected chi connectivity index (χ1v) is 7.29. The van der Waals surface area contributed by atoms with E-state index >= 15 is 0 Å². The molecule has 0 aromatic heterocycles. The average Bonchev–Trinajstić information content (AvgIpc) is 2.59. The average molecular weight is 348 g/mol. The number of carbonyl (C=O) groups excluding carboxylic acids is 1. The van der Waals surface area contributed by atoms with Gasteiger partial charge in [-0.3, -0.25) is 10.1 Å². The summed E-state index contributed by atoms with van der Waals surface area (Å²) in [6.07, 6.45) is 1.58. The topological polar surface area (TPSA) is 78.7 Å². The zero-order chi connectivity index (χ0) is 17.5. The van der Waals surface area contributed by atoms with Crippen LogP contribution in [0.4, 0.5) is 5.69 Å². The van der Waals surface area contributed by atoms with E-state index < -0.39 is 10.9 Å². The number of esters is 1. The molecular formula is C17H14ClNO5. The standard InChI is InChI=1S/C17H14ClNO5/c1-23-17(20)13(10-12-6-8-14(18)9-7-12)11-24-16-5-3-2-4-15(16)19(21)22/h2-10H,11H2,1H3/b13-10+. The summed E-state index contributed by atoms with van der Waals surface area (Å²) >= 11 is 5.83. The van der Waals surface area contributed by atoms with E-state index in [0.29, 0.717) is 5.02 Å². The van der Waals surface area contributed by atoms with Crippen molar-refractivity contribution in [2.75, 3.05) is 13.7 Å². The van der Waals surface area contributed by atoms with Crippen LogP contribution in [0.25, 0.3) is 6.08 Å². The van der Waals surface area contributed by atoms with Gasteiger partial charge in [0.25, 0.3) is 0 Å². The second-order valence-electron chi connectivity index (χ2n) is 4.73. The lowest BCUT2D eigenvalue weighted by Gasteiger charge is -2.09. The highest BCUT2D eigenvalue weighted by atomic mass is 35.5. The number of nitro benzene ring substituents is 1. The third-order valence-electron chi connectivity index (χ3n) is 3.10. The molecule has 0 aliphatic carbocycles. The Morgan fingerprint density at radius 3 is 2.50 bits per heavy atom. The normalized spacial score (nSPS) is 11.0. The third-order valence-corrected chi connectivity index (χ3v) is 3.36. The summed E-state index contributed by atoms with van der Waals surface area (Å²) in [7, 11) is 1.25. The Labute approximate surface area is 143 Å². The van der Waals surface area contributed by atoms with Gasteiger partial charge < -0.3 is 9.47 Å². The molecule has 24 heavy (non-hydrogen) atoms. The van der Waals surface area contributed by atoms with Crippen molar-refractivity contribution < 1.29 is 19.2 Å². The SMILES string of the molecule is COC(=O)/C(=C/c1ccc(Cl)cc1)COc1ccccc1[N+](=O)[O-]. The Morgan fingerprint density at radius 1 is 1.21 bits per heavy atom. The number of carbonyl (C=O) groups is 1. The highest BCUT2D eigenvalue weighted by molar-refractivity contribution is 6.30. The lowest BCUT2D eigenvalue weighted by molar-refractivity contribution is -0.385. The van der Waals surface area contributed by atoms with Crippen molar-refractivity contribution in [3.8, 4) is 5.75 Å². The number of hydrogen-bond acceptors (Lipinski definition) is 5. The van der Waals surface area contributed by atoms with Crippen LogP contribution in [0.1, 0.15) is 5.56 Å². The first kappa shape index (κ1) is 17.5. The number of nitrogens with zero attached hydrogens (tertiary/aromatic N) is 1. The number of rotatable bonds is 6. The molecule has 0 amide bonds. The van der Waals surface area contributed by atoms with E-state index in [1.54, 1.807) is 36.4 Å². The molecule has 0 N–H and O–H groups in total. The van der Waals surface area contributed by atoms with Crippen LogP contribution >= 0.6 is 11.6 Å². The summed E-state index contributed by atoms with van der Waals surface area (Å²) in [6, 6.07) is 12.8. The second-order valence-corrected chi connectivity index (χ2v) is 5.16. The van der Waals surface area contributed by atoms with Gasteiger partial charge >= 0.3 is 11.7 Å². The first-order chi connectivity index (χ1) is 11.5. The number of hydrogen-bond donors (Lipinski definition) is 0. The molecule has 0 radical (unpaired) electrons. The van der Waals surface area contributed by atoms with E-state index in [0.717, 1.165) is 5.56 Å². The quantitative estimate of drug-likeness (QED) is 0.343. The van der Waals surface area contributed by atoms with Crippen molar-refractivity contribution in [2.24, 2.45) is 0 Å². The monoisotopic (exact) mass is 347 g/mol. The smallest absolute Gasteiger partial charge is 0.337 e. The van der Waals surface area contributed by atoms with Gasteiger partial charge in [0, 0.05) is 11.1 Å². The summed E-state index contributed by atoms with van der Waals surface area (Å²) in [5, 5.41) is 11.6. The molecule has 0 fully saturated rings. The largest absolute Gasteiger partial charge is 0.482 e. The van der Waals surface area contributed by atoms with E-state index in [-0.39, 0.29) is 23.6 Å². The van der Waals surface area contributed by atoms with Crippen LogP contribution in [0.2, 0.25) is 5.02 Å². The molecule has 0 aliphatic heterocycles. The number of ether oxygens (including phenoxy) is 2. The van der Waals surface area contributed by atoms with E-state index in [1.165, 1.54) is 25.3 Å². The van der Waals surface area contributed by atoms with Gasteiger partial charge in [0.15, 0.2) is 5.75 Å². The Bertz CT molecular complexity index is 771. The van der Waals surface area contributed by atoms with Crippen molar-refractivity contribution in [1.29, 1.82) is 0 Å². The summed E-state index contributed by atoms with van der Waals surface area (Å²) in [5.74, 6) is -0.503. The van der Waals surface area contributed by atoms with Crippen LogP contribution in [0.5, 0.6) is 5.75 Å². The fourth-order valence-electron chi connectivity index (χ4n) is 1.94. The predicted octanol–water partition coefficient (Wildman–Crippen LogP) is 3.88. The van der Waals surface area contributed by atoms with Gasteiger partial charge in [0.2, 0.25) is 0 Å². The van der Waals surface area contributed by atoms with E-state index in [2.05, 4.69) is 0 Å². The highest BCUT2D eigenvalue weighted by Gasteiger charge is 2.16. The van der Waals surface area contributed by atoms with Crippen molar-refractivity contribution in [3.63, 3.8) is 0 Å². The fraction of sp³-hybridized carbons (Fsp3) is 0.118. The van der Waals surface area contributed by atoms with Crippen LogP contribution < -0.4 is 4.74 Å². The predicted molar refractivity (Wildman–Crippen MR) is 90.0 cm³/mol. The molecular weight excluding hydrogens is 334 g/mol. The Hall–Kier alpha value is -2.86. The summed E-state index contributed by atoms with van der Waals surface area (Å²) in [4.78, 5) is 22.3. The lowest BCUT2D eigenvalue weighted by Crippen LogP contribution is -2.13. The van der Waals surface area contributed by atoms with E-state index in [9.17, 15) is 14.9 Å². The molecule has 0 atom stereocenters. The zero-order valence-electron chi connectivity index (χ0n) is 12.8. The number of benzene rings is 2. The van der Waals surface area contributed by atoms with E-state index in [1.807, 2.05) is 0 Å². The minimum Gasteiger partial charge on any atom is -0.482 e. The van der Waals surface area contributed by atoms with Crippen molar-refractivity contribution in [1.82, 2.24) is 0 Å². The maximum Gasteiger partial charge on any atom is 0.337 e. The Kier molecular flexibility index (Phi) is 5.92. The molecule has 2 aromatic carbocycles. The van der Waals surface area contributed by atoms with Gasteiger partial charge in [0.05, 0.1) is 17.6 Å². The molecule has 0 saturated carbocycles. The van der Waals surface area contributed by atoms with Crippen molar-refractivity contribution in [2.45, 2.75) is 0 Å². The van der Waals surface area contributed by atoms with Gasteiger partial charge in [-0.1, -0.05) is 35.9 Å². The van der Waals surface area contributed by atoms with Crippen LogP contribution in [-0.4, -0.2) is 24.6 Å². The summed E-state index contributed by atoms with van der Waals surface area (Å²) < 4.78 is 10.2. The maximum atomic E-state index is 11.9. The van der Waals surface area contributed by atoms with Gasteiger partial charge in [-0.2, -0.15) is 0 Å². The molecule has 2 rings (SSSR count). The molecule has 0 saturated heterocycles. The fourth-order valence-corrected chi connectivity index (χ4v) is 2.06. The van der Waals surface area contributed by atoms with Crippen LogP contribution in [0.3, 0.4) is 0 Å². The molecule has 0 heterocycles. The second kappa shape index (κ2) is 8.12. The van der Waals surface area contributed by atoms with Gasteiger partial charge in [-0.15, -0.1) is 0 Å². The molecule has 6 nitrogen and oxygen atoms in total. The van der Waals surface area contributed by atoms with E-state index in [4.69, 9.17) is 21.1 Å². The first-order valence-electron chi connectivity index (χ1n) is 6.92. The van der Waals surface area contributed by atoms with Crippen LogP contribution in [0.15, 0.2) is 54.1 Å². The highest BCUT2D eigenvalue weighted by Crippen LogP contribution is 2.26. The Morgan fingerprint density at radius 2 is 1.88 bits per heavy atom. The molecule has 0 unspecified atom stereocenters.